The standard InChI is InChI=1S/C17H22N2O2/c1-13-6-2-5-9-16(13)21-11-10-17(20)19-15-8-4-3-7-14(15)12-18/h3-4,7-8,13,16H,2,5-6,9-11H2,1H3,(H,19,20). The highest BCUT2D eigenvalue weighted by molar-refractivity contribution is 5.92. The van der Waals surface area contributed by atoms with Gasteiger partial charge in [-0.3, -0.25) is 4.79 Å². The minimum Gasteiger partial charge on any atom is -0.377 e. The van der Waals surface area contributed by atoms with Crippen LogP contribution in [0.4, 0.5) is 5.69 Å². The largest absolute Gasteiger partial charge is 0.377 e. The van der Waals surface area contributed by atoms with Gasteiger partial charge in [0.2, 0.25) is 5.91 Å². The van der Waals surface area contributed by atoms with Crippen molar-refractivity contribution < 1.29 is 9.53 Å². The fourth-order valence-electron chi connectivity index (χ4n) is 2.74. The van der Waals surface area contributed by atoms with Crippen LogP contribution in [0.15, 0.2) is 24.3 Å². The van der Waals surface area contributed by atoms with Crippen molar-refractivity contribution in [1.82, 2.24) is 0 Å². The molecule has 0 spiro atoms. The number of benzene rings is 1. The number of anilines is 1. The summed E-state index contributed by atoms with van der Waals surface area (Å²) >= 11 is 0. The van der Waals surface area contributed by atoms with Gasteiger partial charge in [-0.2, -0.15) is 5.26 Å². The van der Waals surface area contributed by atoms with Crippen LogP contribution in [0.5, 0.6) is 0 Å². The maximum Gasteiger partial charge on any atom is 0.226 e. The average molecular weight is 286 g/mol. The molecule has 1 N–H and O–H groups in total. The maximum atomic E-state index is 11.9. The highest BCUT2D eigenvalue weighted by Gasteiger charge is 2.21. The van der Waals surface area contributed by atoms with Crippen molar-refractivity contribution in [2.45, 2.75) is 45.1 Å². The fourth-order valence-corrected chi connectivity index (χ4v) is 2.74. The topological polar surface area (TPSA) is 62.1 Å². The van der Waals surface area contributed by atoms with E-state index in [9.17, 15) is 4.79 Å². The van der Waals surface area contributed by atoms with E-state index in [0.717, 1.165) is 6.42 Å². The van der Waals surface area contributed by atoms with Crippen LogP contribution < -0.4 is 5.32 Å². The third-order valence-corrected chi connectivity index (χ3v) is 4.02. The lowest BCUT2D eigenvalue weighted by molar-refractivity contribution is -0.118. The number of hydrogen-bond acceptors (Lipinski definition) is 3. The molecule has 2 atom stereocenters. The molecule has 4 nitrogen and oxygen atoms in total. The van der Waals surface area contributed by atoms with E-state index in [1.165, 1.54) is 19.3 Å². The third-order valence-electron chi connectivity index (χ3n) is 4.02. The SMILES string of the molecule is CC1CCCCC1OCCC(=O)Nc1ccccc1C#N. The number of nitriles is 1. The number of carbonyl (C=O) groups is 1. The smallest absolute Gasteiger partial charge is 0.226 e. The van der Waals surface area contributed by atoms with Crippen LogP contribution in [0, 0.1) is 17.2 Å². The lowest BCUT2D eigenvalue weighted by atomic mass is 9.88. The summed E-state index contributed by atoms with van der Waals surface area (Å²) in [5.41, 5.74) is 1.05. The quantitative estimate of drug-likeness (QED) is 0.901. The highest BCUT2D eigenvalue weighted by Crippen LogP contribution is 2.26. The van der Waals surface area contributed by atoms with Gasteiger partial charge < -0.3 is 10.1 Å². The van der Waals surface area contributed by atoms with Gasteiger partial charge in [-0.05, 0) is 30.9 Å². The Labute approximate surface area is 126 Å². The van der Waals surface area contributed by atoms with Gasteiger partial charge in [0.05, 0.1) is 30.4 Å². The first-order valence-electron chi connectivity index (χ1n) is 7.61. The first kappa shape index (κ1) is 15.5. The molecule has 21 heavy (non-hydrogen) atoms. The molecule has 1 fully saturated rings. The number of amides is 1. The summed E-state index contributed by atoms with van der Waals surface area (Å²) < 4.78 is 5.83. The van der Waals surface area contributed by atoms with Gasteiger partial charge in [0.25, 0.3) is 0 Å². The lowest BCUT2D eigenvalue weighted by Crippen LogP contribution is -2.27. The van der Waals surface area contributed by atoms with E-state index in [2.05, 4.69) is 18.3 Å². The van der Waals surface area contributed by atoms with E-state index in [1.807, 2.05) is 0 Å². The van der Waals surface area contributed by atoms with Gasteiger partial charge in [0.1, 0.15) is 6.07 Å². The number of hydrogen-bond donors (Lipinski definition) is 1. The summed E-state index contributed by atoms with van der Waals surface area (Å²) in [5.74, 6) is 0.474. The Morgan fingerprint density at radius 3 is 2.90 bits per heavy atom. The zero-order chi connectivity index (χ0) is 15.1. The van der Waals surface area contributed by atoms with Gasteiger partial charge in [-0.1, -0.05) is 31.9 Å². The second kappa shape index (κ2) is 7.80. The minimum absolute atomic E-state index is 0.110. The Kier molecular flexibility index (Phi) is 5.77. The van der Waals surface area contributed by atoms with Gasteiger partial charge in [0, 0.05) is 0 Å². The zero-order valence-electron chi connectivity index (χ0n) is 12.5. The Hall–Kier alpha value is -1.86. The van der Waals surface area contributed by atoms with Crippen LogP contribution in [-0.2, 0) is 9.53 Å². The predicted octanol–water partition coefficient (Wildman–Crippen LogP) is 3.48. The molecule has 1 aromatic carbocycles. The number of ether oxygens (including phenoxy) is 1. The van der Waals surface area contributed by atoms with Gasteiger partial charge in [-0.25, -0.2) is 0 Å². The summed E-state index contributed by atoms with van der Waals surface area (Å²) in [5, 5.41) is 11.7. The molecular formula is C17H22N2O2. The molecule has 0 saturated heterocycles. The van der Waals surface area contributed by atoms with Gasteiger partial charge in [0.15, 0.2) is 0 Å². The van der Waals surface area contributed by atoms with Crippen molar-refractivity contribution in [2.24, 2.45) is 5.92 Å². The van der Waals surface area contributed by atoms with Crippen molar-refractivity contribution in [3.05, 3.63) is 29.8 Å². The zero-order valence-corrected chi connectivity index (χ0v) is 12.5. The Morgan fingerprint density at radius 1 is 1.38 bits per heavy atom. The molecule has 1 saturated carbocycles. The van der Waals surface area contributed by atoms with Crippen LogP contribution in [0.2, 0.25) is 0 Å². The summed E-state index contributed by atoms with van der Waals surface area (Å²) in [4.78, 5) is 11.9. The van der Waals surface area contributed by atoms with E-state index >= 15 is 0 Å². The Morgan fingerprint density at radius 2 is 2.14 bits per heavy atom. The molecule has 0 heterocycles. The fraction of sp³-hybridized carbons (Fsp3) is 0.529. The second-order valence-electron chi connectivity index (χ2n) is 5.63. The van der Waals surface area contributed by atoms with E-state index < -0.39 is 0 Å². The van der Waals surface area contributed by atoms with Crippen molar-refractivity contribution in [3.63, 3.8) is 0 Å². The molecule has 1 aliphatic carbocycles. The summed E-state index contributed by atoms with van der Waals surface area (Å²) in [6, 6.07) is 9.08. The molecular weight excluding hydrogens is 264 g/mol. The molecule has 1 aromatic rings. The molecule has 2 unspecified atom stereocenters. The van der Waals surface area contributed by atoms with E-state index in [1.54, 1.807) is 24.3 Å². The van der Waals surface area contributed by atoms with Crippen molar-refractivity contribution >= 4 is 11.6 Å². The summed E-state index contributed by atoms with van der Waals surface area (Å²) in [6.07, 6.45) is 5.43. The van der Waals surface area contributed by atoms with E-state index in [0.29, 0.717) is 30.2 Å². The van der Waals surface area contributed by atoms with Crippen molar-refractivity contribution in [2.75, 3.05) is 11.9 Å². The number of nitrogens with zero attached hydrogens (tertiary/aromatic N) is 1. The van der Waals surface area contributed by atoms with Crippen LogP contribution in [0.1, 0.15) is 44.6 Å². The van der Waals surface area contributed by atoms with Crippen LogP contribution in [-0.4, -0.2) is 18.6 Å². The Bertz CT molecular complexity index is 522. The maximum absolute atomic E-state index is 11.9. The normalized spacial score (nSPS) is 21.5. The minimum atomic E-state index is -0.110. The lowest BCUT2D eigenvalue weighted by Gasteiger charge is -2.28. The monoisotopic (exact) mass is 286 g/mol. The summed E-state index contributed by atoms with van der Waals surface area (Å²) in [6.45, 7) is 2.66. The van der Waals surface area contributed by atoms with Crippen LogP contribution in [0.3, 0.4) is 0 Å². The van der Waals surface area contributed by atoms with E-state index in [-0.39, 0.29) is 12.0 Å². The molecule has 4 heteroatoms. The first-order chi connectivity index (χ1) is 10.2. The van der Waals surface area contributed by atoms with Crippen LogP contribution in [0.25, 0.3) is 0 Å². The molecule has 1 aliphatic rings. The molecule has 112 valence electrons. The van der Waals surface area contributed by atoms with Crippen molar-refractivity contribution in [3.8, 4) is 6.07 Å². The van der Waals surface area contributed by atoms with Gasteiger partial charge >= 0.3 is 0 Å². The second-order valence-corrected chi connectivity index (χ2v) is 5.63. The average Bonchev–Trinajstić information content (AvgIpc) is 2.50. The van der Waals surface area contributed by atoms with Crippen LogP contribution >= 0.6 is 0 Å². The Balaban J connectivity index is 1.76. The molecule has 0 bridgehead atoms. The molecule has 0 aromatic heterocycles. The predicted molar refractivity (Wildman–Crippen MR) is 81.8 cm³/mol. The summed E-state index contributed by atoms with van der Waals surface area (Å²) in [7, 11) is 0. The number of rotatable bonds is 5. The third kappa shape index (κ3) is 4.57. The molecule has 1 amide bonds. The highest BCUT2D eigenvalue weighted by atomic mass is 16.5. The number of carbonyl (C=O) groups excluding carboxylic acids is 1. The number of para-hydroxylation sites is 1. The van der Waals surface area contributed by atoms with Gasteiger partial charge in [-0.15, -0.1) is 0 Å². The molecule has 0 aliphatic heterocycles. The molecule has 2 rings (SSSR count). The molecule has 0 radical (unpaired) electrons. The van der Waals surface area contributed by atoms with Crippen molar-refractivity contribution in [1.29, 1.82) is 5.26 Å². The number of nitrogens with one attached hydrogen (secondary N) is 1. The first-order valence-corrected chi connectivity index (χ1v) is 7.61. The van der Waals surface area contributed by atoms with E-state index in [4.69, 9.17) is 10.00 Å².